The molecule has 0 fully saturated rings. The number of fused-ring (bicyclic) bond motifs is 1. The van der Waals surface area contributed by atoms with E-state index in [4.69, 9.17) is 5.11 Å². The molecule has 3 N–H and O–H groups in total. The number of amides is 1. The van der Waals surface area contributed by atoms with Crippen molar-refractivity contribution in [3.63, 3.8) is 0 Å². The summed E-state index contributed by atoms with van der Waals surface area (Å²) >= 11 is 0. The Morgan fingerprint density at radius 1 is 1.27 bits per heavy atom. The minimum absolute atomic E-state index is 0.0200. The van der Waals surface area contributed by atoms with Crippen LogP contribution in [-0.2, 0) is 11.3 Å². The standard InChI is InChI=1S/C21H21N7O2/c1-3-20(30)24-15-4-5-18-17(10-15)14(2)12-28(18)19-6-7-22-21(26-19)25-16-11-23-27(13-16)8-9-29/h3-7,10-13,29H,1,8-9H2,2H3,(H,24,30)(H,22,25,26). The van der Waals surface area contributed by atoms with Crippen molar-refractivity contribution in [2.24, 2.45) is 0 Å². The lowest BCUT2D eigenvalue weighted by molar-refractivity contribution is -0.111. The van der Waals surface area contributed by atoms with Gasteiger partial charge in [-0.05, 0) is 42.8 Å². The van der Waals surface area contributed by atoms with Crippen LogP contribution in [0.3, 0.4) is 0 Å². The van der Waals surface area contributed by atoms with Crippen LogP contribution >= 0.6 is 0 Å². The minimum Gasteiger partial charge on any atom is -0.394 e. The highest BCUT2D eigenvalue weighted by molar-refractivity contribution is 6.00. The Kier molecular flexibility index (Phi) is 5.27. The molecule has 0 aliphatic heterocycles. The van der Waals surface area contributed by atoms with Crippen molar-refractivity contribution in [2.75, 3.05) is 17.2 Å². The summed E-state index contributed by atoms with van der Waals surface area (Å²) in [6.07, 6.45) is 8.35. The molecular weight excluding hydrogens is 382 g/mol. The van der Waals surface area contributed by atoms with Gasteiger partial charge in [0.25, 0.3) is 0 Å². The van der Waals surface area contributed by atoms with Crippen LogP contribution in [0.5, 0.6) is 0 Å². The number of nitrogens with one attached hydrogen (secondary N) is 2. The number of aryl methyl sites for hydroxylation is 1. The predicted molar refractivity (Wildman–Crippen MR) is 115 cm³/mol. The number of aromatic nitrogens is 5. The Hall–Kier alpha value is -3.98. The van der Waals surface area contributed by atoms with Gasteiger partial charge in [-0.2, -0.15) is 10.1 Å². The van der Waals surface area contributed by atoms with Crippen molar-refractivity contribution < 1.29 is 9.90 Å². The van der Waals surface area contributed by atoms with E-state index in [2.05, 4.69) is 32.3 Å². The van der Waals surface area contributed by atoms with E-state index in [9.17, 15) is 4.79 Å². The van der Waals surface area contributed by atoms with Gasteiger partial charge in [-0.15, -0.1) is 0 Å². The number of anilines is 3. The first-order valence-corrected chi connectivity index (χ1v) is 9.36. The molecule has 1 aromatic carbocycles. The highest BCUT2D eigenvalue weighted by Gasteiger charge is 2.11. The van der Waals surface area contributed by atoms with E-state index in [0.717, 1.165) is 22.2 Å². The number of hydrogen-bond acceptors (Lipinski definition) is 6. The molecule has 0 atom stereocenters. The van der Waals surface area contributed by atoms with E-state index in [1.54, 1.807) is 23.3 Å². The zero-order chi connectivity index (χ0) is 21.1. The topological polar surface area (TPSA) is 110 Å². The van der Waals surface area contributed by atoms with E-state index in [0.29, 0.717) is 24.0 Å². The van der Waals surface area contributed by atoms with Crippen LogP contribution in [0.1, 0.15) is 5.56 Å². The van der Waals surface area contributed by atoms with Gasteiger partial charge in [-0.25, -0.2) is 4.98 Å². The molecule has 9 heteroatoms. The summed E-state index contributed by atoms with van der Waals surface area (Å²) in [6, 6.07) is 7.54. The van der Waals surface area contributed by atoms with E-state index >= 15 is 0 Å². The lowest BCUT2D eigenvalue weighted by Crippen LogP contribution is -2.07. The lowest BCUT2D eigenvalue weighted by atomic mass is 10.2. The summed E-state index contributed by atoms with van der Waals surface area (Å²) in [5.41, 5.74) is 3.46. The van der Waals surface area contributed by atoms with Crippen molar-refractivity contribution in [1.82, 2.24) is 24.3 Å². The van der Waals surface area contributed by atoms with Crippen LogP contribution in [0.25, 0.3) is 16.7 Å². The number of aliphatic hydroxyl groups is 1. The zero-order valence-electron chi connectivity index (χ0n) is 16.4. The van der Waals surface area contributed by atoms with E-state index in [1.165, 1.54) is 6.08 Å². The molecule has 0 aliphatic carbocycles. The molecule has 0 bridgehead atoms. The number of nitrogens with zero attached hydrogens (tertiary/aromatic N) is 5. The van der Waals surface area contributed by atoms with Crippen LogP contribution in [-0.4, -0.2) is 41.9 Å². The lowest BCUT2D eigenvalue weighted by Gasteiger charge is -2.08. The number of aliphatic hydroxyl groups excluding tert-OH is 1. The Bertz CT molecular complexity index is 1230. The Labute approximate surface area is 172 Å². The van der Waals surface area contributed by atoms with Gasteiger partial charge < -0.3 is 20.3 Å². The van der Waals surface area contributed by atoms with Crippen molar-refractivity contribution >= 4 is 34.1 Å². The van der Waals surface area contributed by atoms with Crippen molar-refractivity contribution in [1.29, 1.82) is 0 Å². The first kappa shape index (κ1) is 19.3. The fourth-order valence-electron chi connectivity index (χ4n) is 3.18. The van der Waals surface area contributed by atoms with E-state index in [-0.39, 0.29) is 12.5 Å². The largest absolute Gasteiger partial charge is 0.394 e. The normalized spacial score (nSPS) is 10.9. The monoisotopic (exact) mass is 403 g/mol. The van der Waals surface area contributed by atoms with Gasteiger partial charge in [0.15, 0.2) is 0 Å². The number of rotatable bonds is 7. The van der Waals surface area contributed by atoms with Gasteiger partial charge in [-0.1, -0.05) is 6.58 Å². The number of carbonyl (C=O) groups is 1. The highest BCUT2D eigenvalue weighted by atomic mass is 16.3. The third-order valence-electron chi connectivity index (χ3n) is 4.56. The molecule has 0 aliphatic rings. The molecule has 0 radical (unpaired) electrons. The number of carbonyl (C=O) groups excluding carboxylic acids is 1. The second kappa shape index (κ2) is 8.18. The van der Waals surface area contributed by atoms with Gasteiger partial charge in [0, 0.05) is 29.7 Å². The highest BCUT2D eigenvalue weighted by Crippen LogP contribution is 2.27. The SMILES string of the molecule is C=CC(=O)Nc1ccc2c(c1)c(C)cn2-c1ccnc(Nc2cnn(CCO)c2)n1. The average molecular weight is 403 g/mol. The summed E-state index contributed by atoms with van der Waals surface area (Å²) < 4.78 is 3.61. The van der Waals surface area contributed by atoms with Crippen LogP contribution in [0, 0.1) is 6.92 Å². The van der Waals surface area contributed by atoms with Crippen LogP contribution in [0.4, 0.5) is 17.3 Å². The van der Waals surface area contributed by atoms with Crippen molar-refractivity contribution in [3.8, 4) is 5.82 Å². The van der Waals surface area contributed by atoms with Gasteiger partial charge in [0.05, 0.1) is 30.6 Å². The Morgan fingerprint density at radius 2 is 2.13 bits per heavy atom. The molecule has 3 aromatic heterocycles. The van der Waals surface area contributed by atoms with Gasteiger partial charge in [-0.3, -0.25) is 9.48 Å². The molecule has 0 spiro atoms. The van der Waals surface area contributed by atoms with E-state index < -0.39 is 0 Å². The average Bonchev–Trinajstić information content (AvgIpc) is 3.32. The van der Waals surface area contributed by atoms with E-state index in [1.807, 2.05) is 42.0 Å². The molecule has 152 valence electrons. The fourth-order valence-corrected chi connectivity index (χ4v) is 3.18. The van der Waals surface area contributed by atoms with Crippen LogP contribution in [0.2, 0.25) is 0 Å². The Balaban J connectivity index is 1.64. The molecule has 1 amide bonds. The zero-order valence-corrected chi connectivity index (χ0v) is 16.4. The molecule has 0 unspecified atom stereocenters. The summed E-state index contributed by atoms with van der Waals surface area (Å²) in [5, 5.41) is 20.1. The molecular formula is C21H21N7O2. The molecule has 0 saturated heterocycles. The maximum atomic E-state index is 11.6. The maximum Gasteiger partial charge on any atom is 0.247 e. The summed E-state index contributed by atoms with van der Waals surface area (Å²) in [7, 11) is 0. The van der Waals surface area contributed by atoms with Crippen molar-refractivity contribution in [2.45, 2.75) is 13.5 Å². The summed E-state index contributed by atoms with van der Waals surface area (Å²) in [6.45, 7) is 5.93. The molecule has 0 saturated carbocycles. The third kappa shape index (κ3) is 3.91. The third-order valence-corrected chi connectivity index (χ3v) is 4.56. The Morgan fingerprint density at radius 3 is 2.93 bits per heavy atom. The number of hydrogen-bond donors (Lipinski definition) is 3. The molecule has 9 nitrogen and oxygen atoms in total. The second-order valence-corrected chi connectivity index (χ2v) is 6.69. The summed E-state index contributed by atoms with van der Waals surface area (Å²) in [4.78, 5) is 20.5. The second-order valence-electron chi connectivity index (χ2n) is 6.69. The van der Waals surface area contributed by atoms with Gasteiger partial charge in [0.2, 0.25) is 11.9 Å². The van der Waals surface area contributed by atoms with Crippen LogP contribution < -0.4 is 10.6 Å². The minimum atomic E-state index is -0.250. The quantitative estimate of drug-likeness (QED) is 0.409. The van der Waals surface area contributed by atoms with Gasteiger partial charge in [0.1, 0.15) is 5.82 Å². The van der Waals surface area contributed by atoms with Crippen LogP contribution in [0.15, 0.2) is 61.7 Å². The number of benzene rings is 1. The first-order valence-electron chi connectivity index (χ1n) is 9.36. The molecule has 30 heavy (non-hydrogen) atoms. The maximum absolute atomic E-state index is 11.6. The molecule has 4 aromatic rings. The van der Waals surface area contributed by atoms with Gasteiger partial charge >= 0.3 is 0 Å². The first-order chi connectivity index (χ1) is 14.6. The summed E-state index contributed by atoms with van der Waals surface area (Å²) in [5.74, 6) is 0.891. The van der Waals surface area contributed by atoms with Crippen molar-refractivity contribution in [3.05, 3.63) is 67.3 Å². The smallest absolute Gasteiger partial charge is 0.247 e. The molecule has 4 rings (SSSR count). The fraction of sp³-hybridized carbons (Fsp3) is 0.143. The predicted octanol–water partition coefficient (Wildman–Crippen LogP) is 2.79. The molecule has 3 heterocycles.